The Morgan fingerprint density at radius 2 is 2.03 bits per heavy atom. The van der Waals surface area contributed by atoms with Gasteiger partial charge in [-0.1, -0.05) is 30.7 Å². The molecule has 2 amide bonds. The van der Waals surface area contributed by atoms with Crippen LogP contribution in [0.3, 0.4) is 0 Å². The summed E-state index contributed by atoms with van der Waals surface area (Å²) in [6, 6.07) is 12.0. The van der Waals surface area contributed by atoms with Gasteiger partial charge in [0.05, 0.1) is 17.0 Å². The average Bonchev–Trinajstić information content (AvgIpc) is 3.23. The minimum Gasteiger partial charge on any atom is -0.326 e. The molecule has 1 atom stereocenters. The molecular formula is C21H18ClN5O4. The third-order valence-electron chi connectivity index (χ3n) is 5.01. The molecule has 3 aromatic rings. The number of aryl methyl sites for hydroxylation is 1. The van der Waals surface area contributed by atoms with E-state index in [2.05, 4.69) is 15.7 Å². The predicted octanol–water partition coefficient (Wildman–Crippen LogP) is 4.20. The number of amides is 2. The van der Waals surface area contributed by atoms with Gasteiger partial charge in [0, 0.05) is 28.4 Å². The van der Waals surface area contributed by atoms with Crippen molar-refractivity contribution >= 4 is 40.6 Å². The average molecular weight is 440 g/mol. The molecular weight excluding hydrogens is 422 g/mol. The number of fused-ring (bicyclic) bond motifs is 1. The zero-order valence-electron chi connectivity index (χ0n) is 16.5. The second kappa shape index (κ2) is 8.19. The molecule has 1 aromatic heterocycles. The van der Waals surface area contributed by atoms with E-state index in [1.165, 1.54) is 24.3 Å². The molecule has 0 fully saturated rings. The van der Waals surface area contributed by atoms with Crippen LogP contribution in [0.4, 0.5) is 17.2 Å². The van der Waals surface area contributed by atoms with Crippen molar-refractivity contribution in [3.05, 3.63) is 69.4 Å². The van der Waals surface area contributed by atoms with Crippen molar-refractivity contribution in [1.82, 2.24) is 9.78 Å². The molecule has 4 rings (SSSR count). The van der Waals surface area contributed by atoms with Gasteiger partial charge in [-0.15, -0.1) is 0 Å². The summed E-state index contributed by atoms with van der Waals surface area (Å²) in [5.74, 6) is -0.191. The zero-order chi connectivity index (χ0) is 22.1. The maximum absolute atomic E-state index is 12.6. The van der Waals surface area contributed by atoms with Crippen molar-refractivity contribution in [3.8, 4) is 11.1 Å². The van der Waals surface area contributed by atoms with Gasteiger partial charge < -0.3 is 10.6 Å². The Hall–Kier alpha value is -3.72. The third kappa shape index (κ3) is 3.99. The molecule has 1 unspecified atom stereocenters. The normalized spacial score (nSPS) is 14.8. The first-order valence-electron chi connectivity index (χ1n) is 9.60. The van der Waals surface area contributed by atoms with Crippen LogP contribution in [0.1, 0.15) is 25.1 Å². The summed E-state index contributed by atoms with van der Waals surface area (Å²) in [7, 11) is 0. The number of anilines is 2. The van der Waals surface area contributed by atoms with Gasteiger partial charge in [-0.25, -0.2) is 4.68 Å². The molecule has 0 radical (unpaired) electrons. The number of carbonyl (C=O) groups is 2. The number of nitrogens with one attached hydrogen (secondary N) is 2. The topological polar surface area (TPSA) is 119 Å². The Bertz CT molecular complexity index is 1190. The summed E-state index contributed by atoms with van der Waals surface area (Å²) in [6.45, 7) is 1.96. The molecule has 158 valence electrons. The van der Waals surface area contributed by atoms with E-state index in [4.69, 9.17) is 11.6 Å². The lowest BCUT2D eigenvalue weighted by atomic mass is 10.0. The summed E-state index contributed by atoms with van der Waals surface area (Å²) in [5, 5.41) is 21.4. The van der Waals surface area contributed by atoms with E-state index in [1.54, 1.807) is 16.8 Å². The number of nitro groups is 1. The molecule has 0 saturated carbocycles. The zero-order valence-corrected chi connectivity index (χ0v) is 17.2. The minimum atomic E-state index is -0.800. The van der Waals surface area contributed by atoms with Gasteiger partial charge in [-0.3, -0.25) is 19.7 Å². The standard InChI is InChI=1S/C21H18ClN5O4/c1-2-16-19(12-4-3-5-13(22)10-12)20-24-21(29)17(26(20)25-16)11-18(28)23-14-6-8-15(9-7-14)27(30)31/h3-10,17H,2,11H2,1H3,(H,23,28)(H,24,29). The molecule has 1 aliphatic rings. The van der Waals surface area contributed by atoms with Crippen LogP contribution in [-0.4, -0.2) is 26.5 Å². The molecule has 0 saturated heterocycles. The van der Waals surface area contributed by atoms with Gasteiger partial charge >= 0.3 is 0 Å². The van der Waals surface area contributed by atoms with E-state index in [0.29, 0.717) is 22.9 Å². The van der Waals surface area contributed by atoms with Crippen molar-refractivity contribution in [2.24, 2.45) is 0 Å². The fourth-order valence-corrected chi connectivity index (χ4v) is 3.76. The highest BCUT2D eigenvalue weighted by atomic mass is 35.5. The van der Waals surface area contributed by atoms with Gasteiger partial charge in [0.25, 0.3) is 11.6 Å². The van der Waals surface area contributed by atoms with Gasteiger partial charge in [0.2, 0.25) is 5.91 Å². The maximum atomic E-state index is 12.6. The number of non-ortho nitro benzene ring substituents is 1. The molecule has 1 aliphatic heterocycles. The first kappa shape index (κ1) is 20.5. The van der Waals surface area contributed by atoms with Crippen LogP contribution in [0, 0.1) is 10.1 Å². The van der Waals surface area contributed by atoms with E-state index < -0.39 is 16.9 Å². The van der Waals surface area contributed by atoms with E-state index in [1.807, 2.05) is 19.1 Å². The Morgan fingerprint density at radius 3 is 2.68 bits per heavy atom. The first-order chi connectivity index (χ1) is 14.9. The lowest BCUT2D eigenvalue weighted by Crippen LogP contribution is -2.23. The molecule has 9 nitrogen and oxygen atoms in total. The predicted molar refractivity (Wildman–Crippen MR) is 116 cm³/mol. The quantitative estimate of drug-likeness (QED) is 0.440. The monoisotopic (exact) mass is 439 g/mol. The second-order valence-electron chi connectivity index (χ2n) is 7.04. The Kier molecular flexibility index (Phi) is 5.43. The summed E-state index contributed by atoms with van der Waals surface area (Å²) in [4.78, 5) is 35.4. The fraction of sp³-hybridized carbons (Fsp3) is 0.190. The molecule has 0 spiro atoms. The number of hydrogen-bond donors (Lipinski definition) is 2. The SMILES string of the molecule is CCc1nn2c(c1-c1cccc(Cl)c1)NC(=O)C2CC(=O)Nc1ccc([N+](=O)[O-])cc1. The van der Waals surface area contributed by atoms with Crippen molar-refractivity contribution in [2.45, 2.75) is 25.8 Å². The maximum Gasteiger partial charge on any atom is 0.269 e. The van der Waals surface area contributed by atoms with E-state index >= 15 is 0 Å². The van der Waals surface area contributed by atoms with Gasteiger partial charge in [-0.05, 0) is 36.2 Å². The van der Waals surface area contributed by atoms with Crippen LogP contribution in [-0.2, 0) is 16.0 Å². The number of benzene rings is 2. The summed E-state index contributed by atoms with van der Waals surface area (Å²) >= 11 is 6.13. The van der Waals surface area contributed by atoms with Crippen LogP contribution in [0.25, 0.3) is 11.1 Å². The highest BCUT2D eigenvalue weighted by molar-refractivity contribution is 6.30. The van der Waals surface area contributed by atoms with Crippen LogP contribution in [0.15, 0.2) is 48.5 Å². The lowest BCUT2D eigenvalue weighted by Gasteiger charge is -2.10. The van der Waals surface area contributed by atoms with E-state index in [0.717, 1.165) is 16.8 Å². The molecule has 2 aromatic carbocycles. The van der Waals surface area contributed by atoms with Crippen molar-refractivity contribution in [3.63, 3.8) is 0 Å². The smallest absolute Gasteiger partial charge is 0.269 e. The number of rotatable bonds is 6. The number of hydrogen-bond acceptors (Lipinski definition) is 5. The minimum absolute atomic E-state index is 0.0741. The fourth-order valence-electron chi connectivity index (χ4n) is 3.57. The highest BCUT2D eigenvalue weighted by Gasteiger charge is 2.36. The lowest BCUT2D eigenvalue weighted by molar-refractivity contribution is -0.384. The number of nitro benzene ring substituents is 1. The number of halogens is 1. The third-order valence-corrected chi connectivity index (χ3v) is 5.25. The molecule has 0 bridgehead atoms. The van der Waals surface area contributed by atoms with Gasteiger partial charge in [0.1, 0.15) is 11.9 Å². The number of aromatic nitrogens is 2. The Morgan fingerprint density at radius 1 is 1.29 bits per heavy atom. The molecule has 2 N–H and O–H groups in total. The first-order valence-corrected chi connectivity index (χ1v) is 9.97. The highest BCUT2D eigenvalue weighted by Crippen LogP contribution is 2.39. The molecule has 2 heterocycles. The van der Waals surface area contributed by atoms with Crippen LogP contribution < -0.4 is 10.6 Å². The Balaban J connectivity index is 1.57. The van der Waals surface area contributed by atoms with Crippen LogP contribution in [0.2, 0.25) is 5.02 Å². The summed E-state index contributed by atoms with van der Waals surface area (Å²) in [6.07, 6.45) is 0.509. The molecule has 0 aliphatic carbocycles. The van der Waals surface area contributed by atoms with Crippen molar-refractivity contribution in [2.75, 3.05) is 10.6 Å². The van der Waals surface area contributed by atoms with E-state index in [-0.39, 0.29) is 18.0 Å². The van der Waals surface area contributed by atoms with Crippen molar-refractivity contribution in [1.29, 1.82) is 0 Å². The van der Waals surface area contributed by atoms with E-state index in [9.17, 15) is 19.7 Å². The molecule has 31 heavy (non-hydrogen) atoms. The summed E-state index contributed by atoms with van der Waals surface area (Å²) in [5.41, 5.74) is 2.75. The van der Waals surface area contributed by atoms with Gasteiger partial charge in [0.15, 0.2) is 0 Å². The summed E-state index contributed by atoms with van der Waals surface area (Å²) < 4.78 is 1.55. The van der Waals surface area contributed by atoms with Gasteiger partial charge in [-0.2, -0.15) is 5.10 Å². The second-order valence-corrected chi connectivity index (χ2v) is 7.48. The number of nitrogens with zero attached hydrogens (tertiary/aromatic N) is 3. The molecule has 10 heteroatoms. The van der Waals surface area contributed by atoms with Crippen LogP contribution >= 0.6 is 11.6 Å². The largest absolute Gasteiger partial charge is 0.326 e. The van der Waals surface area contributed by atoms with Crippen molar-refractivity contribution < 1.29 is 14.5 Å². The van der Waals surface area contributed by atoms with Crippen LogP contribution in [0.5, 0.6) is 0 Å². The Labute approximate surface area is 182 Å². The number of carbonyl (C=O) groups excluding carboxylic acids is 2.